The van der Waals surface area contributed by atoms with Crippen molar-refractivity contribution >= 4 is 34.3 Å². The third-order valence-electron chi connectivity index (χ3n) is 3.23. The number of hydroxylamine groups is 1. The standard InChI is InChI=1S/C18H17ClN2O3/c1-12(2)24-21(14-6-4-3-5-7-14)18(22)11-17-20-15-9-8-13(19)10-16(15)23-17/h3-10,12H,11H2,1-2H3. The van der Waals surface area contributed by atoms with Crippen molar-refractivity contribution in [2.75, 3.05) is 5.06 Å². The number of hydrogen-bond donors (Lipinski definition) is 0. The number of para-hydroxylation sites is 1. The summed E-state index contributed by atoms with van der Waals surface area (Å²) in [4.78, 5) is 22.6. The lowest BCUT2D eigenvalue weighted by molar-refractivity contribution is -0.127. The van der Waals surface area contributed by atoms with Crippen LogP contribution in [0.2, 0.25) is 5.02 Å². The molecule has 0 unspecified atom stereocenters. The minimum absolute atomic E-state index is 0.00604. The fourth-order valence-corrected chi connectivity index (χ4v) is 2.42. The summed E-state index contributed by atoms with van der Waals surface area (Å²) >= 11 is 5.94. The van der Waals surface area contributed by atoms with Crippen LogP contribution in [0, 0.1) is 0 Å². The van der Waals surface area contributed by atoms with E-state index in [-0.39, 0.29) is 18.4 Å². The fraction of sp³-hybridized carbons (Fsp3) is 0.222. The summed E-state index contributed by atoms with van der Waals surface area (Å²) in [5.74, 6) is 0.0677. The Hall–Kier alpha value is -2.37. The zero-order valence-electron chi connectivity index (χ0n) is 13.4. The van der Waals surface area contributed by atoms with Crippen molar-refractivity contribution in [3.05, 3.63) is 59.4 Å². The van der Waals surface area contributed by atoms with Gasteiger partial charge < -0.3 is 4.42 Å². The fourth-order valence-electron chi connectivity index (χ4n) is 2.26. The number of anilines is 1. The van der Waals surface area contributed by atoms with Crippen LogP contribution in [0.25, 0.3) is 11.1 Å². The summed E-state index contributed by atoms with van der Waals surface area (Å²) in [6.45, 7) is 3.73. The number of benzene rings is 2. The minimum Gasteiger partial charge on any atom is -0.440 e. The molecule has 0 atom stereocenters. The maximum absolute atomic E-state index is 12.7. The summed E-state index contributed by atoms with van der Waals surface area (Å²) in [6, 6.07) is 14.4. The second-order valence-electron chi connectivity index (χ2n) is 5.57. The molecule has 0 aliphatic rings. The molecule has 0 saturated carbocycles. The normalized spacial score (nSPS) is 11.2. The highest BCUT2D eigenvalue weighted by Crippen LogP contribution is 2.22. The van der Waals surface area contributed by atoms with E-state index in [2.05, 4.69) is 4.98 Å². The Balaban J connectivity index is 1.84. The molecule has 3 aromatic rings. The van der Waals surface area contributed by atoms with Crippen LogP contribution in [-0.2, 0) is 16.1 Å². The lowest BCUT2D eigenvalue weighted by Crippen LogP contribution is -2.34. The number of amides is 1. The predicted molar refractivity (Wildman–Crippen MR) is 92.9 cm³/mol. The SMILES string of the molecule is CC(C)ON(C(=O)Cc1nc2ccc(Cl)cc2o1)c1ccccc1. The van der Waals surface area contributed by atoms with Gasteiger partial charge in [-0.05, 0) is 38.1 Å². The lowest BCUT2D eigenvalue weighted by Gasteiger charge is -2.23. The highest BCUT2D eigenvalue weighted by atomic mass is 35.5. The number of rotatable bonds is 5. The van der Waals surface area contributed by atoms with Crippen LogP contribution in [0.5, 0.6) is 0 Å². The van der Waals surface area contributed by atoms with Crippen molar-refractivity contribution in [3.8, 4) is 0 Å². The van der Waals surface area contributed by atoms with Gasteiger partial charge in [0.05, 0.1) is 11.8 Å². The number of nitrogens with zero attached hydrogens (tertiary/aromatic N) is 2. The largest absolute Gasteiger partial charge is 0.440 e. The van der Waals surface area contributed by atoms with E-state index in [1.807, 2.05) is 44.2 Å². The van der Waals surface area contributed by atoms with E-state index in [1.165, 1.54) is 5.06 Å². The molecule has 0 aliphatic heterocycles. The number of fused-ring (bicyclic) bond motifs is 1. The summed E-state index contributed by atoms with van der Waals surface area (Å²) in [5, 5.41) is 1.84. The first-order chi connectivity index (χ1) is 11.5. The molecule has 5 nitrogen and oxygen atoms in total. The van der Waals surface area contributed by atoms with Crippen molar-refractivity contribution in [1.82, 2.24) is 4.98 Å². The van der Waals surface area contributed by atoms with E-state index in [1.54, 1.807) is 18.2 Å². The van der Waals surface area contributed by atoms with Gasteiger partial charge in [0.1, 0.15) is 11.9 Å². The van der Waals surface area contributed by atoms with E-state index < -0.39 is 0 Å². The van der Waals surface area contributed by atoms with E-state index >= 15 is 0 Å². The smallest absolute Gasteiger partial charge is 0.260 e. The molecule has 2 aromatic carbocycles. The summed E-state index contributed by atoms with van der Waals surface area (Å²) in [7, 11) is 0. The van der Waals surface area contributed by atoms with Crippen LogP contribution in [-0.4, -0.2) is 17.0 Å². The number of halogens is 1. The summed E-state index contributed by atoms with van der Waals surface area (Å²) in [5.41, 5.74) is 1.88. The highest BCUT2D eigenvalue weighted by molar-refractivity contribution is 6.31. The van der Waals surface area contributed by atoms with Gasteiger partial charge in [-0.25, -0.2) is 4.98 Å². The zero-order valence-corrected chi connectivity index (χ0v) is 14.2. The molecule has 0 saturated heterocycles. The monoisotopic (exact) mass is 344 g/mol. The van der Waals surface area contributed by atoms with Crippen molar-refractivity contribution in [1.29, 1.82) is 0 Å². The Morgan fingerprint density at radius 3 is 2.71 bits per heavy atom. The maximum Gasteiger partial charge on any atom is 0.260 e. The molecule has 0 spiro atoms. The molecule has 6 heteroatoms. The van der Waals surface area contributed by atoms with E-state index in [4.69, 9.17) is 20.9 Å². The van der Waals surface area contributed by atoms with Gasteiger partial charge in [0.15, 0.2) is 5.58 Å². The molecule has 0 aliphatic carbocycles. The number of carbonyl (C=O) groups excluding carboxylic acids is 1. The van der Waals surface area contributed by atoms with Crippen molar-refractivity contribution in [2.24, 2.45) is 0 Å². The summed E-state index contributed by atoms with van der Waals surface area (Å²) in [6.07, 6.45) is -0.148. The van der Waals surface area contributed by atoms with Crippen LogP contribution in [0.3, 0.4) is 0 Å². The molecule has 1 aromatic heterocycles. The average molecular weight is 345 g/mol. The zero-order chi connectivity index (χ0) is 17.1. The molecule has 124 valence electrons. The van der Waals surface area contributed by atoms with Gasteiger partial charge in [0, 0.05) is 11.1 Å². The van der Waals surface area contributed by atoms with Crippen LogP contribution >= 0.6 is 11.6 Å². The Morgan fingerprint density at radius 1 is 1.25 bits per heavy atom. The first kappa shape index (κ1) is 16.5. The van der Waals surface area contributed by atoms with E-state index in [9.17, 15) is 4.79 Å². The van der Waals surface area contributed by atoms with Crippen molar-refractivity contribution in [3.63, 3.8) is 0 Å². The van der Waals surface area contributed by atoms with Crippen LogP contribution in [0.15, 0.2) is 52.9 Å². The van der Waals surface area contributed by atoms with Crippen molar-refractivity contribution in [2.45, 2.75) is 26.4 Å². The number of aromatic nitrogens is 1. The molecular formula is C18H17ClN2O3. The van der Waals surface area contributed by atoms with Crippen LogP contribution in [0.4, 0.5) is 5.69 Å². The second-order valence-corrected chi connectivity index (χ2v) is 6.01. The quantitative estimate of drug-likeness (QED) is 0.644. The molecule has 24 heavy (non-hydrogen) atoms. The number of oxazole rings is 1. The third kappa shape index (κ3) is 3.75. The Labute approximate surface area is 144 Å². The van der Waals surface area contributed by atoms with E-state index in [0.717, 1.165) is 0 Å². The minimum atomic E-state index is -0.257. The Bertz CT molecular complexity index is 846. The second kappa shape index (κ2) is 7.03. The van der Waals surface area contributed by atoms with Gasteiger partial charge in [-0.3, -0.25) is 9.63 Å². The molecular weight excluding hydrogens is 328 g/mol. The molecule has 0 fully saturated rings. The number of hydrogen-bond acceptors (Lipinski definition) is 4. The van der Waals surface area contributed by atoms with E-state index in [0.29, 0.717) is 27.7 Å². The average Bonchev–Trinajstić information content (AvgIpc) is 2.94. The van der Waals surface area contributed by atoms with Gasteiger partial charge in [-0.1, -0.05) is 29.8 Å². The molecule has 1 heterocycles. The molecule has 0 bridgehead atoms. The first-order valence-electron chi connectivity index (χ1n) is 7.62. The molecule has 0 N–H and O–H groups in total. The predicted octanol–water partition coefficient (Wildman–Crippen LogP) is 4.40. The van der Waals surface area contributed by atoms with Gasteiger partial charge in [0.25, 0.3) is 5.91 Å². The highest BCUT2D eigenvalue weighted by Gasteiger charge is 2.21. The van der Waals surface area contributed by atoms with Gasteiger partial charge in [-0.2, -0.15) is 5.06 Å². The Kier molecular flexibility index (Phi) is 4.83. The van der Waals surface area contributed by atoms with Gasteiger partial charge in [0.2, 0.25) is 5.89 Å². The maximum atomic E-state index is 12.7. The van der Waals surface area contributed by atoms with Crippen molar-refractivity contribution < 1.29 is 14.0 Å². The van der Waals surface area contributed by atoms with Gasteiger partial charge >= 0.3 is 0 Å². The third-order valence-corrected chi connectivity index (χ3v) is 3.47. The summed E-state index contributed by atoms with van der Waals surface area (Å²) < 4.78 is 5.61. The topological polar surface area (TPSA) is 55.6 Å². The van der Waals surface area contributed by atoms with Crippen LogP contribution in [0.1, 0.15) is 19.7 Å². The Morgan fingerprint density at radius 2 is 2.00 bits per heavy atom. The van der Waals surface area contributed by atoms with Gasteiger partial charge in [-0.15, -0.1) is 0 Å². The molecule has 0 radical (unpaired) electrons. The van der Waals surface area contributed by atoms with Crippen LogP contribution < -0.4 is 5.06 Å². The lowest BCUT2D eigenvalue weighted by atomic mass is 10.3. The molecule has 1 amide bonds. The first-order valence-corrected chi connectivity index (χ1v) is 8.00. The number of carbonyl (C=O) groups is 1. The molecule has 3 rings (SSSR count).